The Hall–Kier alpha value is -3.29. The van der Waals surface area contributed by atoms with Crippen molar-refractivity contribution >= 4 is 22.8 Å². The molecule has 0 saturated heterocycles. The number of imidazole rings is 1. The van der Waals surface area contributed by atoms with Crippen molar-refractivity contribution in [3.63, 3.8) is 0 Å². The molecule has 4 heterocycles. The van der Waals surface area contributed by atoms with Crippen LogP contribution in [0.15, 0.2) is 42.9 Å². The third-order valence-corrected chi connectivity index (χ3v) is 4.89. The average molecular weight is 363 g/mol. The first-order valence-electron chi connectivity index (χ1n) is 8.95. The second kappa shape index (κ2) is 6.15. The number of pyridine rings is 2. The van der Waals surface area contributed by atoms with Gasteiger partial charge in [0, 0.05) is 17.7 Å². The number of rotatable bonds is 5. The zero-order valence-electron chi connectivity index (χ0n) is 14.7. The van der Waals surface area contributed by atoms with E-state index in [1.54, 1.807) is 12.4 Å². The van der Waals surface area contributed by atoms with Crippen LogP contribution < -0.4 is 5.32 Å². The lowest BCUT2D eigenvalue weighted by Gasteiger charge is -2.13. The Balaban J connectivity index is 1.45. The number of halogens is 1. The molecule has 0 aliphatic heterocycles. The number of aromatic amines is 1. The molecule has 1 aliphatic carbocycles. The first kappa shape index (κ1) is 15.9. The van der Waals surface area contributed by atoms with Gasteiger partial charge in [-0.15, -0.1) is 0 Å². The fourth-order valence-electron chi connectivity index (χ4n) is 3.18. The summed E-state index contributed by atoms with van der Waals surface area (Å²) < 4.78 is 15.1. The Kier molecular flexibility index (Phi) is 3.63. The molecule has 27 heavy (non-hydrogen) atoms. The minimum Gasteiger partial charge on any atom is -0.323 e. The molecule has 1 saturated carbocycles. The lowest BCUT2D eigenvalue weighted by atomic mass is 10.2. The molecule has 0 unspecified atom stereocenters. The molecular formula is C19H18FN7. The highest BCUT2D eigenvalue weighted by Gasteiger charge is 2.25. The molecule has 136 valence electrons. The lowest BCUT2D eigenvalue weighted by Crippen LogP contribution is -2.08. The average Bonchev–Trinajstić information content (AvgIpc) is 3.28. The van der Waals surface area contributed by atoms with Gasteiger partial charge < -0.3 is 9.88 Å². The van der Waals surface area contributed by atoms with E-state index < -0.39 is 0 Å². The molecule has 5 rings (SSSR count). The molecule has 1 aliphatic rings. The van der Waals surface area contributed by atoms with E-state index >= 15 is 0 Å². The van der Waals surface area contributed by atoms with E-state index in [0.29, 0.717) is 11.7 Å². The molecule has 7 nitrogen and oxygen atoms in total. The molecular weight excluding hydrogens is 345 g/mol. The highest BCUT2D eigenvalue weighted by Crippen LogP contribution is 2.39. The predicted octanol–water partition coefficient (Wildman–Crippen LogP) is 3.92. The van der Waals surface area contributed by atoms with Gasteiger partial charge in [0.1, 0.15) is 17.2 Å². The number of anilines is 2. The summed E-state index contributed by atoms with van der Waals surface area (Å²) in [5.41, 5.74) is 3.43. The van der Waals surface area contributed by atoms with E-state index in [0.717, 1.165) is 22.7 Å². The quantitative estimate of drug-likeness (QED) is 0.561. The van der Waals surface area contributed by atoms with Gasteiger partial charge in [0.05, 0.1) is 24.3 Å². The summed E-state index contributed by atoms with van der Waals surface area (Å²) in [5, 5.41) is 10.6. The van der Waals surface area contributed by atoms with Crippen LogP contribution in [0, 0.1) is 5.82 Å². The summed E-state index contributed by atoms with van der Waals surface area (Å²) in [7, 11) is 0. The summed E-state index contributed by atoms with van der Waals surface area (Å²) >= 11 is 0. The minimum absolute atomic E-state index is 0.120. The van der Waals surface area contributed by atoms with Gasteiger partial charge in [-0.2, -0.15) is 5.10 Å². The second-order valence-corrected chi connectivity index (χ2v) is 6.88. The van der Waals surface area contributed by atoms with Crippen LogP contribution in [-0.4, -0.2) is 29.7 Å². The number of nitrogens with one attached hydrogen (secondary N) is 2. The van der Waals surface area contributed by atoms with Gasteiger partial charge >= 0.3 is 0 Å². The van der Waals surface area contributed by atoms with Crippen LogP contribution in [0.5, 0.6) is 0 Å². The highest BCUT2D eigenvalue weighted by atomic mass is 19.1. The number of nitrogens with zero attached hydrogens (tertiary/aromatic N) is 5. The molecule has 2 N–H and O–H groups in total. The SMILES string of the molecule is C[C@@H](c1ccc(F)cn1)n1cnc2ccc(Nc3cc(C4CC4)[nH]n3)nc21. The Labute approximate surface area is 154 Å². The van der Waals surface area contributed by atoms with Gasteiger partial charge in [0.2, 0.25) is 0 Å². The fourth-order valence-corrected chi connectivity index (χ4v) is 3.18. The maximum atomic E-state index is 13.2. The monoisotopic (exact) mass is 363 g/mol. The Morgan fingerprint density at radius 3 is 2.85 bits per heavy atom. The van der Waals surface area contributed by atoms with Gasteiger partial charge in [-0.1, -0.05) is 0 Å². The van der Waals surface area contributed by atoms with Crippen LogP contribution in [0.1, 0.15) is 43.1 Å². The van der Waals surface area contributed by atoms with Gasteiger partial charge in [0.25, 0.3) is 0 Å². The van der Waals surface area contributed by atoms with E-state index in [1.807, 2.05) is 29.7 Å². The molecule has 4 aromatic rings. The second-order valence-electron chi connectivity index (χ2n) is 6.88. The van der Waals surface area contributed by atoms with Crippen molar-refractivity contribution in [1.82, 2.24) is 29.7 Å². The highest BCUT2D eigenvalue weighted by molar-refractivity contribution is 5.74. The van der Waals surface area contributed by atoms with Crippen LogP contribution in [0.3, 0.4) is 0 Å². The van der Waals surface area contributed by atoms with Crippen LogP contribution in [-0.2, 0) is 0 Å². The molecule has 0 aromatic carbocycles. The van der Waals surface area contributed by atoms with Crippen molar-refractivity contribution in [2.75, 3.05) is 5.32 Å². The Morgan fingerprint density at radius 1 is 1.19 bits per heavy atom. The third-order valence-electron chi connectivity index (χ3n) is 4.89. The Morgan fingerprint density at radius 2 is 2.07 bits per heavy atom. The van der Waals surface area contributed by atoms with Crippen molar-refractivity contribution in [2.45, 2.75) is 31.7 Å². The smallest absolute Gasteiger partial charge is 0.162 e. The molecule has 1 atom stereocenters. The van der Waals surface area contributed by atoms with Gasteiger partial charge in [-0.3, -0.25) is 10.1 Å². The number of hydrogen-bond acceptors (Lipinski definition) is 5. The normalized spacial score (nSPS) is 15.2. The summed E-state index contributed by atoms with van der Waals surface area (Å²) in [6.07, 6.45) is 5.40. The van der Waals surface area contributed by atoms with Crippen LogP contribution in [0.4, 0.5) is 16.0 Å². The first-order valence-corrected chi connectivity index (χ1v) is 8.95. The van der Waals surface area contributed by atoms with Crippen molar-refractivity contribution in [3.8, 4) is 0 Å². The van der Waals surface area contributed by atoms with E-state index in [1.165, 1.54) is 30.8 Å². The van der Waals surface area contributed by atoms with Gasteiger partial charge in [0.15, 0.2) is 11.5 Å². The summed E-state index contributed by atoms with van der Waals surface area (Å²) in [5.74, 6) is 1.71. The zero-order valence-corrected chi connectivity index (χ0v) is 14.7. The molecule has 8 heteroatoms. The largest absolute Gasteiger partial charge is 0.323 e. The standard InChI is InChI=1S/C19H18FN7/c1-11(14-5-4-13(20)9-21-14)27-10-22-15-6-7-17(24-19(15)27)23-18-8-16(25-26-18)12-2-3-12/h4-12H,2-3H2,1H3,(H2,23,24,25,26)/t11-/m0/s1. The van der Waals surface area contributed by atoms with Crippen LogP contribution in [0.25, 0.3) is 11.2 Å². The summed E-state index contributed by atoms with van der Waals surface area (Å²) in [4.78, 5) is 13.3. The van der Waals surface area contributed by atoms with Crippen molar-refractivity contribution in [1.29, 1.82) is 0 Å². The summed E-state index contributed by atoms with van der Waals surface area (Å²) in [6, 6.07) is 8.80. The van der Waals surface area contributed by atoms with Crippen molar-refractivity contribution < 1.29 is 4.39 Å². The van der Waals surface area contributed by atoms with Gasteiger partial charge in [-0.25, -0.2) is 14.4 Å². The first-order chi connectivity index (χ1) is 13.2. The van der Waals surface area contributed by atoms with Gasteiger partial charge in [-0.05, 0) is 44.0 Å². The zero-order chi connectivity index (χ0) is 18.4. The molecule has 4 aromatic heterocycles. The van der Waals surface area contributed by atoms with Crippen molar-refractivity contribution in [3.05, 3.63) is 60.1 Å². The fraction of sp³-hybridized carbons (Fsp3) is 0.263. The molecule has 1 fully saturated rings. The maximum Gasteiger partial charge on any atom is 0.162 e. The number of hydrogen-bond donors (Lipinski definition) is 2. The molecule has 0 bridgehead atoms. The topological polar surface area (TPSA) is 84.3 Å². The van der Waals surface area contributed by atoms with Crippen LogP contribution in [0.2, 0.25) is 0 Å². The molecule has 0 amide bonds. The third kappa shape index (κ3) is 3.03. The molecule has 0 spiro atoms. The number of aromatic nitrogens is 6. The minimum atomic E-state index is -0.351. The molecule has 0 radical (unpaired) electrons. The Bertz CT molecular complexity index is 1090. The van der Waals surface area contributed by atoms with Crippen LogP contribution >= 0.6 is 0 Å². The predicted molar refractivity (Wildman–Crippen MR) is 99.4 cm³/mol. The lowest BCUT2D eigenvalue weighted by molar-refractivity contribution is 0.600. The number of fused-ring (bicyclic) bond motifs is 1. The number of H-pyrrole nitrogens is 1. The summed E-state index contributed by atoms with van der Waals surface area (Å²) in [6.45, 7) is 1.98. The van der Waals surface area contributed by atoms with E-state index in [4.69, 9.17) is 4.98 Å². The van der Waals surface area contributed by atoms with E-state index in [-0.39, 0.29) is 11.9 Å². The van der Waals surface area contributed by atoms with E-state index in [2.05, 4.69) is 25.5 Å². The van der Waals surface area contributed by atoms with Crippen molar-refractivity contribution in [2.24, 2.45) is 0 Å². The van der Waals surface area contributed by atoms with E-state index in [9.17, 15) is 4.39 Å². The maximum absolute atomic E-state index is 13.2.